The summed E-state index contributed by atoms with van der Waals surface area (Å²) < 4.78 is 2.13. The Morgan fingerprint density at radius 2 is 0.667 bits per heavy atom. The van der Waals surface area contributed by atoms with Crippen molar-refractivity contribution in [3.8, 4) is 55.6 Å². The number of hydrogen-bond donors (Lipinski definition) is 0. The van der Waals surface area contributed by atoms with Crippen LogP contribution in [-0.4, -0.2) is 23.3 Å². The van der Waals surface area contributed by atoms with Crippen molar-refractivity contribution in [3.63, 3.8) is 0 Å². The van der Waals surface area contributed by atoms with Crippen molar-refractivity contribution in [3.05, 3.63) is 229 Å². The van der Waals surface area contributed by atoms with Gasteiger partial charge in [-0.05, 0) is 135 Å². The van der Waals surface area contributed by atoms with Gasteiger partial charge in [-0.1, -0.05) is 170 Å². The summed E-state index contributed by atoms with van der Waals surface area (Å²) in [5.74, 6) is 2.06. The topological polar surface area (TPSA) is 15.4 Å². The van der Waals surface area contributed by atoms with E-state index in [0.717, 1.165) is 29.2 Å². The molecule has 0 aliphatic carbocycles. The van der Waals surface area contributed by atoms with Crippen LogP contribution >= 0.6 is 0 Å². The molecule has 0 bridgehead atoms. The quantitative estimate of drug-likeness (QED) is 0.124. The van der Waals surface area contributed by atoms with Gasteiger partial charge in [-0.25, -0.2) is 4.58 Å². The maximum atomic E-state index is 4.60. The Kier molecular flexibility index (Phi) is 11.5. The largest absolute Gasteiger partial charge is 0.274 e. The van der Waals surface area contributed by atoms with Gasteiger partial charge in [0.2, 0.25) is 0 Å². The molecule has 0 radical (unpaired) electrons. The molecule has 0 saturated carbocycles. The first-order valence-electron chi connectivity index (χ1n) is 20.0. The smallest absolute Gasteiger partial charge is 0.229 e. The summed E-state index contributed by atoms with van der Waals surface area (Å²) in [6, 6.07) is 75.8. The van der Waals surface area contributed by atoms with Crippen molar-refractivity contribution in [1.82, 2.24) is 0 Å². The normalized spacial score (nSPS) is 11.9. The predicted molar refractivity (Wildman–Crippen MR) is 242 cm³/mol. The van der Waals surface area contributed by atoms with Gasteiger partial charge in [0.15, 0.2) is 0 Å². The molecule has 0 aromatic heterocycles. The van der Waals surface area contributed by atoms with Crippen LogP contribution in [0.25, 0.3) is 55.6 Å². The fourth-order valence-electron chi connectivity index (χ4n) is 7.39. The number of aliphatic imine (C=N–C) groups is 1. The number of amidine groups is 2. The van der Waals surface area contributed by atoms with Crippen LogP contribution < -0.4 is 0 Å². The molecule has 57 heavy (non-hydrogen) atoms. The van der Waals surface area contributed by atoms with E-state index in [2.05, 4.69) is 199 Å². The monoisotopic (exact) mass is 735 g/mol. The molecule has 0 N–H and O–H groups in total. The molecule has 0 unspecified atom stereocenters. The van der Waals surface area contributed by atoms with E-state index in [9.17, 15) is 0 Å². The van der Waals surface area contributed by atoms with Crippen LogP contribution in [0, 0.1) is 0 Å². The lowest BCUT2D eigenvalue weighted by Gasteiger charge is -2.15. The van der Waals surface area contributed by atoms with E-state index in [4.69, 9.17) is 0 Å². The Hall–Kier alpha value is -6.90. The first-order valence-corrected chi connectivity index (χ1v) is 20.0. The van der Waals surface area contributed by atoms with Crippen LogP contribution in [-0.2, 0) is 6.42 Å². The van der Waals surface area contributed by atoms with Crippen LogP contribution in [0.4, 0.5) is 0 Å². The second kappa shape index (κ2) is 17.7. The van der Waals surface area contributed by atoms with Crippen LogP contribution in [0.1, 0.15) is 36.5 Å². The summed E-state index contributed by atoms with van der Waals surface area (Å²) in [7, 11) is 2.05. The van der Waals surface area contributed by atoms with Crippen molar-refractivity contribution in [2.75, 3.05) is 7.05 Å². The lowest BCUT2D eigenvalue weighted by Crippen LogP contribution is -2.34. The lowest BCUT2D eigenvalue weighted by atomic mass is 9.89. The molecule has 1 aliphatic rings. The molecule has 8 aromatic carbocycles. The minimum Gasteiger partial charge on any atom is -0.229 e. The SMILES string of the molecule is CCCCc1ccc(-c2cc(-c3ccccc3)cc(-c3cc(-c4ccccc4)cc(-c4ccccc4)c3)c2)cc1.C[N+]1=C(c2ccccc2)N=C1c1ccccc1. The average Bonchev–Trinajstić information content (AvgIpc) is 3.29. The molecule has 2 heteroatoms. The number of aryl methyl sites for hydroxylation is 1. The van der Waals surface area contributed by atoms with Crippen molar-refractivity contribution in [1.29, 1.82) is 0 Å². The zero-order valence-electron chi connectivity index (χ0n) is 32.7. The molecular formula is C55H47N2+. The zero-order chi connectivity index (χ0) is 38.8. The number of nitrogens with zero attached hydrogens (tertiary/aromatic N) is 2. The van der Waals surface area contributed by atoms with Crippen LogP contribution in [0.3, 0.4) is 0 Å². The minimum atomic E-state index is 1.03. The van der Waals surface area contributed by atoms with Crippen molar-refractivity contribution in [2.45, 2.75) is 26.2 Å². The van der Waals surface area contributed by atoms with Gasteiger partial charge < -0.3 is 0 Å². The highest BCUT2D eigenvalue weighted by atomic mass is 15.2. The van der Waals surface area contributed by atoms with Crippen LogP contribution in [0.2, 0.25) is 0 Å². The van der Waals surface area contributed by atoms with Gasteiger partial charge in [0.1, 0.15) is 0 Å². The molecule has 0 saturated heterocycles. The Labute approximate surface area is 337 Å². The van der Waals surface area contributed by atoms with Crippen LogP contribution in [0.5, 0.6) is 0 Å². The number of unbranched alkanes of at least 4 members (excludes halogenated alkanes) is 1. The van der Waals surface area contributed by atoms with E-state index in [1.165, 1.54) is 74.0 Å². The van der Waals surface area contributed by atoms with Crippen molar-refractivity contribution in [2.24, 2.45) is 4.99 Å². The molecule has 2 nitrogen and oxygen atoms in total. The number of rotatable bonds is 10. The minimum absolute atomic E-state index is 1.03. The van der Waals surface area contributed by atoms with E-state index < -0.39 is 0 Å². The molecule has 0 atom stereocenters. The van der Waals surface area contributed by atoms with Crippen molar-refractivity contribution >= 4 is 11.7 Å². The lowest BCUT2D eigenvalue weighted by molar-refractivity contribution is -0.382. The maximum absolute atomic E-state index is 4.60. The van der Waals surface area contributed by atoms with Gasteiger partial charge in [-0.2, -0.15) is 0 Å². The highest BCUT2D eigenvalue weighted by Gasteiger charge is 2.28. The highest BCUT2D eigenvalue weighted by Crippen LogP contribution is 2.37. The zero-order valence-corrected chi connectivity index (χ0v) is 32.7. The first kappa shape index (κ1) is 37.0. The number of benzene rings is 8. The summed E-state index contributed by atoms with van der Waals surface area (Å²) in [5, 5.41) is 0. The molecule has 0 amide bonds. The molecular weight excluding hydrogens is 689 g/mol. The van der Waals surface area contributed by atoms with E-state index in [0.29, 0.717) is 0 Å². The summed E-state index contributed by atoms with van der Waals surface area (Å²) >= 11 is 0. The summed E-state index contributed by atoms with van der Waals surface area (Å²) in [4.78, 5) is 4.60. The third kappa shape index (κ3) is 8.82. The van der Waals surface area contributed by atoms with Gasteiger partial charge >= 0.3 is 0 Å². The molecule has 0 spiro atoms. The Bertz CT molecular complexity index is 2550. The van der Waals surface area contributed by atoms with Crippen molar-refractivity contribution < 1.29 is 4.58 Å². The summed E-state index contributed by atoms with van der Waals surface area (Å²) in [5.41, 5.74) is 16.0. The van der Waals surface area contributed by atoms with Crippen LogP contribution in [0.15, 0.2) is 217 Å². The molecule has 276 valence electrons. The average molecular weight is 736 g/mol. The summed E-state index contributed by atoms with van der Waals surface area (Å²) in [6.07, 6.45) is 3.59. The highest BCUT2D eigenvalue weighted by molar-refractivity contribution is 6.14. The fourth-order valence-corrected chi connectivity index (χ4v) is 7.39. The van der Waals surface area contributed by atoms with E-state index in [1.807, 2.05) is 36.4 Å². The third-order valence-corrected chi connectivity index (χ3v) is 10.5. The maximum Gasteiger partial charge on any atom is 0.274 e. The second-order valence-electron chi connectivity index (χ2n) is 14.5. The Morgan fingerprint density at radius 1 is 0.351 bits per heavy atom. The molecule has 0 fully saturated rings. The molecule has 1 aliphatic heterocycles. The molecule has 1 heterocycles. The first-order chi connectivity index (χ1) is 28.1. The van der Waals surface area contributed by atoms with Gasteiger partial charge in [-0.15, -0.1) is 0 Å². The van der Waals surface area contributed by atoms with E-state index >= 15 is 0 Å². The Morgan fingerprint density at radius 3 is 1.02 bits per heavy atom. The second-order valence-corrected chi connectivity index (χ2v) is 14.5. The molecule has 9 rings (SSSR count). The molecule has 8 aromatic rings. The van der Waals surface area contributed by atoms with E-state index in [-0.39, 0.29) is 0 Å². The van der Waals surface area contributed by atoms with Gasteiger partial charge in [-0.3, -0.25) is 0 Å². The van der Waals surface area contributed by atoms with Gasteiger partial charge in [0.05, 0.1) is 18.2 Å². The summed E-state index contributed by atoms with van der Waals surface area (Å²) in [6.45, 7) is 2.25. The Balaban J connectivity index is 0.000000222. The van der Waals surface area contributed by atoms with Gasteiger partial charge in [0.25, 0.3) is 11.7 Å². The van der Waals surface area contributed by atoms with Gasteiger partial charge in [0, 0.05) is 0 Å². The fraction of sp³-hybridized carbons (Fsp3) is 0.0909. The standard InChI is InChI=1S/C40H34.C15H13N2/c1-2-3-13-30-20-22-34(23-21-30)38-25-37(33-18-11-6-12-19-33)28-40(29-38)39-26-35(31-14-7-4-8-15-31)24-36(27-39)32-16-9-5-10-17-32;1-17-14(12-8-4-2-5-9-12)16-15(17)13-10-6-3-7-11-13/h4-12,14-29H,2-3,13H2,1H3;2-11H,1H3/q;+1. The predicted octanol–water partition coefficient (Wildman–Crippen LogP) is 13.9. The third-order valence-electron chi connectivity index (χ3n) is 10.5. The number of hydrogen-bond acceptors (Lipinski definition) is 1. The van der Waals surface area contributed by atoms with E-state index in [1.54, 1.807) is 0 Å².